The Morgan fingerprint density at radius 1 is 1.45 bits per heavy atom. The zero-order valence-corrected chi connectivity index (χ0v) is 11.2. The number of carbonyl (C=O) groups is 1. The summed E-state index contributed by atoms with van der Waals surface area (Å²) in [7, 11) is 0. The molecular formula is C14H15N3O3. The van der Waals surface area contributed by atoms with Crippen LogP contribution in [0.5, 0.6) is 0 Å². The van der Waals surface area contributed by atoms with E-state index in [4.69, 9.17) is 5.26 Å². The molecule has 1 aromatic rings. The van der Waals surface area contributed by atoms with Gasteiger partial charge in [-0.05, 0) is 25.3 Å². The number of nitrogens with zero attached hydrogens (tertiary/aromatic N) is 3. The highest BCUT2D eigenvalue weighted by atomic mass is 16.6. The SMILES string of the molecule is Cc1cccc([N+](=O)[O-])c1C(=O)N1CCC(C#N)CC1. The number of nitriles is 1. The Bertz CT molecular complexity index is 584. The quantitative estimate of drug-likeness (QED) is 0.611. The second-order valence-electron chi connectivity index (χ2n) is 4.92. The molecule has 0 bridgehead atoms. The maximum Gasteiger partial charge on any atom is 0.282 e. The van der Waals surface area contributed by atoms with E-state index in [0.29, 0.717) is 31.5 Å². The fraction of sp³-hybridized carbons (Fsp3) is 0.429. The standard InChI is InChI=1S/C14H15N3O3/c1-10-3-2-4-12(17(19)20)13(10)14(18)16-7-5-11(9-15)6-8-16/h2-4,11H,5-8H2,1H3. The number of carbonyl (C=O) groups excluding carboxylic acids is 1. The number of hydrogen-bond acceptors (Lipinski definition) is 4. The largest absolute Gasteiger partial charge is 0.338 e. The summed E-state index contributed by atoms with van der Waals surface area (Å²) >= 11 is 0. The molecule has 1 aliphatic rings. The molecule has 1 saturated heterocycles. The third-order valence-corrected chi connectivity index (χ3v) is 3.63. The summed E-state index contributed by atoms with van der Waals surface area (Å²) in [6.07, 6.45) is 1.25. The third-order valence-electron chi connectivity index (χ3n) is 3.63. The van der Waals surface area contributed by atoms with Crippen molar-refractivity contribution in [3.8, 4) is 6.07 Å². The molecule has 0 saturated carbocycles. The number of nitro groups is 1. The molecule has 1 fully saturated rings. The average Bonchev–Trinajstić information content (AvgIpc) is 2.46. The molecule has 0 radical (unpaired) electrons. The summed E-state index contributed by atoms with van der Waals surface area (Å²) in [6, 6.07) is 6.82. The maximum atomic E-state index is 12.5. The summed E-state index contributed by atoms with van der Waals surface area (Å²) in [6.45, 7) is 2.65. The van der Waals surface area contributed by atoms with E-state index in [2.05, 4.69) is 6.07 Å². The van der Waals surface area contributed by atoms with Crippen molar-refractivity contribution in [1.82, 2.24) is 4.90 Å². The maximum absolute atomic E-state index is 12.5. The lowest BCUT2D eigenvalue weighted by molar-refractivity contribution is -0.385. The van der Waals surface area contributed by atoms with Gasteiger partial charge in [-0.1, -0.05) is 12.1 Å². The van der Waals surface area contributed by atoms with Crippen molar-refractivity contribution in [2.75, 3.05) is 13.1 Å². The first kappa shape index (κ1) is 14.0. The predicted octanol–water partition coefficient (Wildman–Crippen LogP) is 2.28. The van der Waals surface area contributed by atoms with Crippen molar-refractivity contribution < 1.29 is 9.72 Å². The van der Waals surface area contributed by atoms with Crippen molar-refractivity contribution in [2.45, 2.75) is 19.8 Å². The Hall–Kier alpha value is -2.42. The van der Waals surface area contributed by atoms with Crippen LogP contribution in [0.3, 0.4) is 0 Å². The molecule has 0 unspecified atom stereocenters. The highest BCUT2D eigenvalue weighted by molar-refractivity contribution is 5.99. The zero-order valence-electron chi connectivity index (χ0n) is 11.2. The van der Waals surface area contributed by atoms with E-state index in [0.717, 1.165) is 0 Å². The van der Waals surface area contributed by atoms with Crippen LogP contribution in [0.25, 0.3) is 0 Å². The molecule has 1 aliphatic heterocycles. The molecule has 6 heteroatoms. The van der Waals surface area contributed by atoms with Gasteiger partial charge in [0.05, 0.1) is 11.0 Å². The molecule has 0 atom stereocenters. The summed E-state index contributed by atoms with van der Waals surface area (Å²) in [5.74, 6) is -0.336. The topological polar surface area (TPSA) is 87.2 Å². The summed E-state index contributed by atoms with van der Waals surface area (Å²) in [5, 5.41) is 19.9. The smallest absolute Gasteiger partial charge is 0.282 e. The van der Waals surface area contributed by atoms with E-state index in [1.54, 1.807) is 24.0 Å². The van der Waals surface area contributed by atoms with Crippen LogP contribution in [0, 0.1) is 34.3 Å². The van der Waals surface area contributed by atoms with Gasteiger partial charge in [0.25, 0.3) is 11.6 Å². The van der Waals surface area contributed by atoms with Gasteiger partial charge in [0, 0.05) is 25.1 Å². The van der Waals surface area contributed by atoms with Crippen molar-refractivity contribution in [3.63, 3.8) is 0 Å². The number of benzene rings is 1. The van der Waals surface area contributed by atoms with Crippen molar-refractivity contribution in [3.05, 3.63) is 39.4 Å². The summed E-state index contributed by atoms with van der Waals surface area (Å²) in [4.78, 5) is 24.6. The zero-order chi connectivity index (χ0) is 14.7. The molecule has 2 rings (SSSR count). The molecule has 0 spiro atoms. The molecular weight excluding hydrogens is 258 g/mol. The fourth-order valence-corrected chi connectivity index (χ4v) is 2.45. The Balaban J connectivity index is 2.26. The lowest BCUT2D eigenvalue weighted by atomic mass is 9.97. The molecule has 20 heavy (non-hydrogen) atoms. The van der Waals surface area contributed by atoms with Crippen molar-refractivity contribution >= 4 is 11.6 Å². The minimum Gasteiger partial charge on any atom is -0.338 e. The highest BCUT2D eigenvalue weighted by Crippen LogP contribution is 2.26. The van der Waals surface area contributed by atoms with Gasteiger partial charge in [0.15, 0.2) is 0 Å². The van der Waals surface area contributed by atoms with Crippen LogP contribution in [0.4, 0.5) is 5.69 Å². The lowest BCUT2D eigenvalue weighted by Crippen LogP contribution is -2.38. The highest BCUT2D eigenvalue weighted by Gasteiger charge is 2.29. The van der Waals surface area contributed by atoms with E-state index >= 15 is 0 Å². The first-order valence-corrected chi connectivity index (χ1v) is 6.47. The number of amides is 1. The monoisotopic (exact) mass is 273 g/mol. The van der Waals surface area contributed by atoms with Gasteiger partial charge in [0.1, 0.15) is 5.56 Å². The van der Waals surface area contributed by atoms with Crippen LogP contribution in [0.1, 0.15) is 28.8 Å². The van der Waals surface area contributed by atoms with Gasteiger partial charge in [-0.3, -0.25) is 14.9 Å². The van der Waals surface area contributed by atoms with Crippen LogP contribution in [0.15, 0.2) is 18.2 Å². The Morgan fingerprint density at radius 3 is 2.65 bits per heavy atom. The van der Waals surface area contributed by atoms with E-state index in [-0.39, 0.29) is 23.1 Å². The molecule has 1 aromatic carbocycles. The number of hydrogen-bond donors (Lipinski definition) is 0. The van der Waals surface area contributed by atoms with Crippen molar-refractivity contribution in [2.24, 2.45) is 5.92 Å². The minimum absolute atomic E-state index is 0.0223. The first-order valence-electron chi connectivity index (χ1n) is 6.47. The van der Waals surface area contributed by atoms with Crippen molar-refractivity contribution in [1.29, 1.82) is 5.26 Å². The minimum atomic E-state index is -0.526. The van der Waals surface area contributed by atoms with Crippen LogP contribution in [-0.2, 0) is 0 Å². The van der Waals surface area contributed by atoms with Gasteiger partial charge < -0.3 is 4.90 Å². The van der Waals surface area contributed by atoms with E-state index in [9.17, 15) is 14.9 Å². The molecule has 6 nitrogen and oxygen atoms in total. The van der Waals surface area contributed by atoms with Gasteiger partial charge in [-0.15, -0.1) is 0 Å². The summed E-state index contributed by atoms with van der Waals surface area (Å²) < 4.78 is 0. The van der Waals surface area contributed by atoms with E-state index < -0.39 is 4.92 Å². The number of aryl methyl sites for hydroxylation is 1. The Labute approximate surface area is 116 Å². The van der Waals surface area contributed by atoms with E-state index in [1.165, 1.54) is 6.07 Å². The summed E-state index contributed by atoms with van der Waals surface area (Å²) in [5.41, 5.74) is 0.608. The predicted molar refractivity (Wildman–Crippen MR) is 72.1 cm³/mol. The number of nitro benzene ring substituents is 1. The van der Waals surface area contributed by atoms with Gasteiger partial charge in [-0.25, -0.2) is 0 Å². The molecule has 0 aliphatic carbocycles. The molecule has 104 valence electrons. The van der Waals surface area contributed by atoms with Crippen LogP contribution < -0.4 is 0 Å². The molecule has 0 N–H and O–H groups in total. The van der Waals surface area contributed by atoms with Crippen LogP contribution in [0.2, 0.25) is 0 Å². The number of likely N-dealkylation sites (tertiary alicyclic amines) is 1. The van der Waals surface area contributed by atoms with Gasteiger partial charge in [0.2, 0.25) is 0 Å². The average molecular weight is 273 g/mol. The van der Waals surface area contributed by atoms with Crippen LogP contribution in [-0.4, -0.2) is 28.8 Å². The fourth-order valence-electron chi connectivity index (χ4n) is 2.45. The molecule has 0 aromatic heterocycles. The Kier molecular flexibility index (Phi) is 3.99. The van der Waals surface area contributed by atoms with Gasteiger partial charge in [-0.2, -0.15) is 5.26 Å². The normalized spacial score (nSPS) is 15.7. The number of piperidine rings is 1. The molecule has 1 heterocycles. The van der Waals surface area contributed by atoms with E-state index in [1.807, 2.05) is 0 Å². The Morgan fingerprint density at radius 2 is 2.10 bits per heavy atom. The first-order chi connectivity index (χ1) is 9.54. The lowest BCUT2D eigenvalue weighted by Gasteiger charge is -2.29. The van der Waals surface area contributed by atoms with Gasteiger partial charge >= 0.3 is 0 Å². The second-order valence-corrected chi connectivity index (χ2v) is 4.92. The third kappa shape index (κ3) is 2.62. The molecule has 1 amide bonds. The number of rotatable bonds is 2. The second kappa shape index (κ2) is 5.70. The van der Waals surface area contributed by atoms with Crippen LogP contribution >= 0.6 is 0 Å².